The molecule has 162 valence electrons. The van der Waals surface area contributed by atoms with Gasteiger partial charge in [0.05, 0.1) is 21.9 Å². The van der Waals surface area contributed by atoms with Crippen LogP contribution in [0.4, 0.5) is 0 Å². The molecule has 31 heavy (non-hydrogen) atoms. The van der Waals surface area contributed by atoms with Crippen molar-refractivity contribution in [2.45, 2.75) is 33.4 Å². The highest BCUT2D eigenvalue weighted by atomic mass is 35.5. The van der Waals surface area contributed by atoms with Crippen molar-refractivity contribution in [1.29, 1.82) is 0 Å². The Balaban J connectivity index is 1.47. The van der Waals surface area contributed by atoms with Gasteiger partial charge in [-0.1, -0.05) is 23.7 Å². The van der Waals surface area contributed by atoms with Crippen molar-refractivity contribution in [3.8, 4) is 26.8 Å². The van der Waals surface area contributed by atoms with Gasteiger partial charge in [-0.25, -0.2) is 4.98 Å². The summed E-state index contributed by atoms with van der Waals surface area (Å²) in [7, 11) is 0. The maximum absolute atomic E-state index is 11.0. The highest BCUT2D eigenvalue weighted by Crippen LogP contribution is 2.36. The second-order valence-corrected chi connectivity index (χ2v) is 9.65. The fourth-order valence-corrected chi connectivity index (χ4v) is 4.78. The first kappa shape index (κ1) is 21.8. The zero-order chi connectivity index (χ0) is 22.1. The number of aryl methyl sites for hydroxylation is 1. The quantitative estimate of drug-likeness (QED) is 0.491. The van der Waals surface area contributed by atoms with E-state index < -0.39 is 5.97 Å². The molecule has 7 heteroatoms. The van der Waals surface area contributed by atoms with Crippen LogP contribution in [0.15, 0.2) is 42.6 Å². The molecule has 2 heterocycles. The summed E-state index contributed by atoms with van der Waals surface area (Å²) in [6.45, 7) is 8.07. The van der Waals surface area contributed by atoms with Crippen molar-refractivity contribution in [2.75, 3.05) is 13.1 Å². The Labute approximate surface area is 191 Å². The van der Waals surface area contributed by atoms with Crippen LogP contribution in [0.5, 0.6) is 5.75 Å². The van der Waals surface area contributed by atoms with Gasteiger partial charge in [-0.15, -0.1) is 11.3 Å². The fraction of sp³-hybridized carbons (Fsp3) is 0.333. The Morgan fingerprint density at radius 3 is 2.65 bits per heavy atom. The maximum atomic E-state index is 11.0. The number of carboxylic acid groups (broad SMARTS) is 1. The van der Waals surface area contributed by atoms with Crippen molar-refractivity contribution in [1.82, 2.24) is 9.88 Å². The van der Waals surface area contributed by atoms with Crippen molar-refractivity contribution < 1.29 is 14.6 Å². The second kappa shape index (κ2) is 8.99. The van der Waals surface area contributed by atoms with Crippen LogP contribution in [-0.2, 0) is 11.3 Å². The van der Waals surface area contributed by atoms with Gasteiger partial charge in [0.2, 0.25) is 0 Å². The van der Waals surface area contributed by atoms with Crippen LogP contribution in [0.1, 0.15) is 25.0 Å². The van der Waals surface area contributed by atoms with Gasteiger partial charge >= 0.3 is 5.97 Å². The molecule has 0 atom stereocenters. The molecule has 1 aliphatic heterocycles. The molecule has 1 fully saturated rings. The largest absolute Gasteiger partial charge is 0.489 e. The molecule has 3 aromatic rings. The van der Waals surface area contributed by atoms with E-state index in [0.29, 0.717) is 23.9 Å². The second-order valence-electron chi connectivity index (χ2n) is 8.21. The van der Waals surface area contributed by atoms with Crippen molar-refractivity contribution in [3.63, 3.8) is 0 Å². The molecular formula is C24H25ClN2O3S. The minimum atomic E-state index is -0.703. The summed E-state index contributed by atoms with van der Waals surface area (Å²) >= 11 is 8.02. The van der Waals surface area contributed by atoms with Crippen LogP contribution in [0.25, 0.3) is 21.0 Å². The summed E-state index contributed by atoms with van der Waals surface area (Å²) in [6.07, 6.45) is 1.95. The number of hydrogen-bond acceptors (Lipinski definition) is 5. The van der Waals surface area contributed by atoms with Gasteiger partial charge < -0.3 is 9.84 Å². The predicted octanol–water partition coefficient (Wildman–Crippen LogP) is 5.74. The molecule has 0 amide bonds. The number of aliphatic carboxylic acids is 1. The standard InChI is InChI=1S/C24H25ClN2O3S/c1-14(2)30-21-7-6-16(9-20(21)25)22-10-26-23(31-22)17-4-5-18(15(3)8-17)11-27-12-19(13-27)24(28)29/h4-10,14,19H,11-13H2,1-3H3,(H,28,29). The van der Waals surface area contributed by atoms with Gasteiger partial charge in [0.1, 0.15) is 10.8 Å². The first-order valence-corrected chi connectivity index (χ1v) is 11.5. The Kier molecular flexibility index (Phi) is 6.32. The van der Waals surface area contributed by atoms with Gasteiger partial charge in [0.15, 0.2) is 0 Å². The monoisotopic (exact) mass is 456 g/mol. The molecule has 1 saturated heterocycles. The van der Waals surface area contributed by atoms with E-state index in [4.69, 9.17) is 21.4 Å². The topological polar surface area (TPSA) is 62.7 Å². The summed E-state index contributed by atoms with van der Waals surface area (Å²) in [5.74, 6) is -0.243. The van der Waals surface area contributed by atoms with Crippen molar-refractivity contribution >= 4 is 28.9 Å². The molecule has 2 aromatic carbocycles. The number of rotatable bonds is 7. The van der Waals surface area contributed by atoms with E-state index >= 15 is 0 Å². The first-order valence-electron chi connectivity index (χ1n) is 10.3. The van der Waals surface area contributed by atoms with Gasteiger partial charge in [0, 0.05) is 31.4 Å². The Morgan fingerprint density at radius 1 is 1.26 bits per heavy atom. The normalized spacial score (nSPS) is 14.6. The highest BCUT2D eigenvalue weighted by Gasteiger charge is 2.32. The summed E-state index contributed by atoms with van der Waals surface area (Å²) in [4.78, 5) is 18.8. The summed E-state index contributed by atoms with van der Waals surface area (Å²) in [6, 6.07) is 12.2. The third-order valence-electron chi connectivity index (χ3n) is 5.37. The summed E-state index contributed by atoms with van der Waals surface area (Å²) in [5.41, 5.74) is 4.50. The van der Waals surface area contributed by atoms with Gasteiger partial charge in [-0.2, -0.15) is 0 Å². The number of nitrogens with zero attached hydrogens (tertiary/aromatic N) is 2. The number of ether oxygens (including phenoxy) is 1. The predicted molar refractivity (Wildman–Crippen MR) is 125 cm³/mol. The number of halogens is 1. The number of benzene rings is 2. The van der Waals surface area contributed by atoms with E-state index in [0.717, 1.165) is 27.6 Å². The number of carbonyl (C=O) groups is 1. The summed E-state index contributed by atoms with van der Waals surface area (Å²) in [5, 5.41) is 10.6. The Bertz CT molecular complexity index is 1110. The van der Waals surface area contributed by atoms with E-state index in [-0.39, 0.29) is 12.0 Å². The number of hydrogen-bond donors (Lipinski definition) is 1. The first-order chi connectivity index (χ1) is 14.8. The lowest BCUT2D eigenvalue weighted by Gasteiger charge is -2.36. The smallest absolute Gasteiger partial charge is 0.309 e. The number of thiazole rings is 1. The van der Waals surface area contributed by atoms with Gasteiger partial charge in [0.25, 0.3) is 0 Å². The van der Waals surface area contributed by atoms with E-state index in [2.05, 4.69) is 35.0 Å². The van der Waals surface area contributed by atoms with Crippen LogP contribution in [-0.4, -0.2) is 40.2 Å². The fourth-order valence-electron chi connectivity index (χ4n) is 3.65. The average molecular weight is 457 g/mol. The molecule has 1 aromatic heterocycles. The lowest BCUT2D eigenvalue weighted by atomic mass is 9.98. The Morgan fingerprint density at radius 2 is 2.00 bits per heavy atom. The molecule has 0 bridgehead atoms. The molecule has 1 N–H and O–H groups in total. The molecular weight excluding hydrogens is 432 g/mol. The van der Waals surface area contributed by atoms with E-state index in [9.17, 15) is 4.79 Å². The molecule has 5 nitrogen and oxygen atoms in total. The minimum Gasteiger partial charge on any atom is -0.489 e. The zero-order valence-corrected chi connectivity index (χ0v) is 19.3. The van der Waals surface area contributed by atoms with Gasteiger partial charge in [-0.05, 0) is 61.7 Å². The maximum Gasteiger partial charge on any atom is 0.309 e. The van der Waals surface area contributed by atoms with E-state index in [1.165, 1.54) is 11.1 Å². The lowest BCUT2D eigenvalue weighted by Crippen LogP contribution is -2.49. The third kappa shape index (κ3) is 4.92. The average Bonchev–Trinajstić information content (AvgIpc) is 3.16. The van der Waals surface area contributed by atoms with Crippen molar-refractivity contribution in [2.24, 2.45) is 5.92 Å². The number of carboxylic acids is 1. The Hall–Kier alpha value is -2.41. The lowest BCUT2D eigenvalue weighted by molar-refractivity contribution is -0.147. The van der Waals surface area contributed by atoms with Gasteiger partial charge in [-0.3, -0.25) is 9.69 Å². The molecule has 0 saturated carbocycles. The number of likely N-dealkylation sites (tertiary alicyclic amines) is 1. The summed E-state index contributed by atoms with van der Waals surface area (Å²) < 4.78 is 5.72. The highest BCUT2D eigenvalue weighted by molar-refractivity contribution is 7.18. The van der Waals surface area contributed by atoms with Crippen LogP contribution in [0, 0.1) is 12.8 Å². The third-order valence-corrected chi connectivity index (χ3v) is 6.77. The minimum absolute atomic E-state index is 0.0734. The van der Waals surface area contributed by atoms with Crippen LogP contribution < -0.4 is 4.74 Å². The van der Waals surface area contributed by atoms with Crippen molar-refractivity contribution in [3.05, 3.63) is 58.7 Å². The van der Waals surface area contributed by atoms with Crippen LogP contribution >= 0.6 is 22.9 Å². The zero-order valence-electron chi connectivity index (χ0n) is 17.8. The van der Waals surface area contributed by atoms with Crippen LogP contribution in [0.2, 0.25) is 5.02 Å². The van der Waals surface area contributed by atoms with E-state index in [1.54, 1.807) is 11.3 Å². The molecule has 0 unspecified atom stereocenters. The number of aromatic nitrogens is 1. The molecule has 4 rings (SSSR count). The van der Waals surface area contributed by atoms with Crippen LogP contribution in [0.3, 0.4) is 0 Å². The molecule has 0 spiro atoms. The van der Waals surface area contributed by atoms with E-state index in [1.807, 2.05) is 38.2 Å². The SMILES string of the molecule is Cc1cc(-c2ncc(-c3ccc(OC(C)C)c(Cl)c3)s2)ccc1CN1CC(C(=O)O)C1. The molecule has 0 aliphatic carbocycles. The molecule has 0 radical (unpaired) electrons. The molecule has 1 aliphatic rings.